The minimum Gasteiger partial charge on any atom is -0.341 e. The lowest BCUT2D eigenvalue weighted by Crippen LogP contribution is -2.30. The van der Waals surface area contributed by atoms with E-state index in [1.807, 2.05) is 27.9 Å². The molecule has 3 heterocycles. The maximum absolute atomic E-state index is 12.4. The molecular weight excluding hydrogens is 298 g/mol. The second kappa shape index (κ2) is 6.11. The number of hydrogen-bond acceptors (Lipinski definition) is 2. The first kappa shape index (κ1) is 14.9. The average molecular weight is 319 g/mol. The van der Waals surface area contributed by atoms with Gasteiger partial charge in [0.05, 0.1) is 11.0 Å². The first-order chi connectivity index (χ1) is 11.7. The van der Waals surface area contributed by atoms with Crippen LogP contribution < -0.4 is 0 Å². The zero-order valence-electron chi connectivity index (χ0n) is 13.9. The van der Waals surface area contributed by atoms with Gasteiger partial charge >= 0.3 is 0 Å². The number of aryl methyl sites for hydroxylation is 1. The first-order valence-electron chi connectivity index (χ1n) is 8.50. The highest BCUT2D eigenvalue weighted by atomic mass is 16.2. The largest absolute Gasteiger partial charge is 0.341 e. The summed E-state index contributed by atoms with van der Waals surface area (Å²) < 4.78 is 2.01. The maximum Gasteiger partial charge on any atom is 0.242 e. The molecular formula is C20H21N3O. The quantitative estimate of drug-likeness (QED) is 0.739. The molecule has 0 radical (unpaired) electrons. The van der Waals surface area contributed by atoms with Crippen molar-refractivity contribution in [2.75, 3.05) is 13.1 Å². The second-order valence-corrected chi connectivity index (χ2v) is 6.53. The van der Waals surface area contributed by atoms with Crippen molar-refractivity contribution >= 4 is 16.9 Å². The summed E-state index contributed by atoms with van der Waals surface area (Å²) in [5, 5.41) is 0. The van der Waals surface area contributed by atoms with Gasteiger partial charge in [0.1, 0.15) is 6.54 Å². The summed E-state index contributed by atoms with van der Waals surface area (Å²) in [6.07, 6.45) is 6.11. The van der Waals surface area contributed by atoms with E-state index in [-0.39, 0.29) is 5.91 Å². The summed E-state index contributed by atoms with van der Waals surface area (Å²) in [5.41, 5.74) is 5.41. The predicted molar refractivity (Wildman–Crippen MR) is 95.7 cm³/mol. The monoisotopic (exact) mass is 319 g/mol. The number of pyridine rings is 1. The van der Waals surface area contributed by atoms with E-state index in [0.717, 1.165) is 48.1 Å². The second-order valence-electron chi connectivity index (χ2n) is 6.53. The Hall–Kier alpha value is -2.62. The molecule has 122 valence electrons. The number of aromatic nitrogens is 2. The van der Waals surface area contributed by atoms with Crippen LogP contribution in [0, 0.1) is 6.92 Å². The molecule has 3 aromatic rings. The number of rotatable bonds is 3. The third-order valence-electron chi connectivity index (χ3n) is 4.77. The van der Waals surface area contributed by atoms with Crippen LogP contribution in [-0.2, 0) is 11.3 Å². The van der Waals surface area contributed by atoms with Gasteiger partial charge in [0.2, 0.25) is 5.91 Å². The van der Waals surface area contributed by atoms with Crippen LogP contribution in [0.25, 0.3) is 22.2 Å². The van der Waals surface area contributed by atoms with Gasteiger partial charge in [-0.25, -0.2) is 0 Å². The van der Waals surface area contributed by atoms with E-state index in [2.05, 4.69) is 42.2 Å². The van der Waals surface area contributed by atoms with Crippen molar-refractivity contribution in [3.8, 4) is 11.1 Å². The Balaban J connectivity index is 1.65. The fourth-order valence-electron chi connectivity index (χ4n) is 3.32. The number of carbonyl (C=O) groups is 1. The van der Waals surface area contributed by atoms with Gasteiger partial charge in [-0.2, -0.15) is 0 Å². The highest BCUT2D eigenvalue weighted by molar-refractivity contribution is 5.84. The number of hydrogen-bond donors (Lipinski definition) is 0. The van der Waals surface area contributed by atoms with E-state index in [9.17, 15) is 4.79 Å². The molecule has 0 saturated carbocycles. The van der Waals surface area contributed by atoms with Crippen molar-refractivity contribution < 1.29 is 4.79 Å². The number of carbonyl (C=O) groups excluding carboxylic acids is 1. The highest BCUT2D eigenvalue weighted by Crippen LogP contribution is 2.24. The third kappa shape index (κ3) is 2.80. The summed E-state index contributed by atoms with van der Waals surface area (Å²) in [4.78, 5) is 19.0. The summed E-state index contributed by atoms with van der Waals surface area (Å²) in [7, 11) is 0. The zero-order chi connectivity index (χ0) is 16.5. The van der Waals surface area contributed by atoms with Crippen LogP contribution in [0.15, 0.2) is 48.8 Å². The molecule has 1 amide bonds. The third-order valence-corrected chi connectivity index (χ3v) is 4.77. The molecule has 24 heavy (non-hydrogen) atoms. The van der Waals surface area contributed by atoms with Crippen molar-refractivity contribution in [3.05, 3.63) is 54.4 Å². The molecule has 1 saturated heterocycles. The van der Waals surface area contributed by atoms with Crippen LogP contribution >= 0.6 is 0 Å². The van der Waals surface area contributed by atoms with Gasteiger partial charge in [-0.05, 0) is 37.5 Å². The lowest BCUT2D eigenvalue weighted by Gasteiger charge is -2.16. The smallest absolute Gasteiger partial charge is 0.242 e. The molecule has 1 fully saturated rings. The molecule has 2 aromatic heterocycles. The van der Waals surface area contributed by atoms with Gasteiger partial charge in [0.25, 0.3) is 0 Å². The van der Waals surface area contributed by atoms with Gasteiger partial charge < -0.3 is 9.47 Å². The molecule has 4 heteroatoms. The Morgan fingerprint density at radius 3 is 2.58 bits per heavy atom. The summed E-state index contributed by atoms with van der Waals surface area (Å²) >= 11 is 0. The first-order valence-corrected chi connectivity index (χ1v) is 8.50. The van der Waals surface area contributed by atoms with Crippen LogP contribution in [0.2, 0.25) is 0 Å². The van der Waals surface area contributed by atoms with Crippen LogP contribution in [0.3, 0.4) is 0 Å². The van der Waals surface area contributed by atoms with Gasteiger partial charge in [0.15, 0.2) is 0 Å². The van der Waals surface area contributed by atoms with E-state index in [1.54, 1.807) is 0 Å². The minimum absolute atomic E-state index is 0.200. The summed E-state index contributed by atoms with van der Waals surface area (Å²) in [6, 6.07) is 12.5. The lowest BCUT2D eigenvalue weighted by molar-refractivity contribution is -0.130. The fourth-order valence-corrected chi connectivity index (χ4v) is 3.32. The minimum atomic E-state index is 0.200. The van der Waals surface area contributed by atoms with E-state index in [4.69, 9.17) is 0 Å². The molecule has 0 bridgehead atoms. The van der Waals surface area contributed by atoms with Gasteiger partial charge in [-0.15, -0.1) is 0 Å². The topological polar surface area (TPSA) is 38.1 Å². The van der Waals surface area contributed by atoms with E-state index in [0.29, 0.717) is 6.54 Å². The summed E-state index contributed by atoms with van der Waals surface area (Å²) in [6.45, 7) is 4.26. The Morgan fingerprint density at radius 1 is 1.08 bits per heavy atom. The average Bonchev–Trinajstić information content (AvgIpc) is 3.25. The number of fused-ring (bicyclic) bond motifs is 1. The lowest BCUT2D eigenvalue weighted by atomic mass is 10.1. The number of likely N-dealkylation sites (tertiary alicyclic amines) is 1. The molecule has 0 unspecified atom stereocenters. The Morgan fingerprint density at radius 2 is 1.83 bits per heavy atom. The van der Waals surface area contributed by atoms with Gasteiger partial charge in [0, 0.05) is 31.0 Å². The Bertz CT molecular complexity index is 874. The Kier molecular flexibility index (Phi) is 3.81. The molecule has 0 N–H and O–H groups in total. The van der Waals surface area contributed by atoms with Crippen molar-refractivity contribution in [1.82, 2.24) is 14.5 Å². The van der Waals surface area contributed by atoms with Crippen molar-refractivity contribution in [2.24, 2.45) is 0 Å². The van der Waals surface area contributed by atoms with Crippen molar-refractivity contribution in [2.45, 2.75) is 26.3 Å². The summed E-state index contributed by atoms with van der Waals surface area (Å²) in [5.74, 6) is 0.200. The highest BCUT2D eigenvalue weighted by Gasteiger charge is 2.18. The molecule has 0 spiro atoms. The molecule has 0 aliphatic carbocycles. The van der Waals surface area contributed by atoms with Crippen LogP contribution in [0.1, 0.15) is 18.4 Å². The number of amides is 1. The van der Waals surface area contributed by atoms with Gasteiger partial charge in [-0.1, -0.05) is 29.8 Å². The maximum atomic E-state index is 12.4. The fraction of sp³-hybridized carbons (Fsp3) is 0.300. The molecule has 1 aliphatic heterocycles. The van der Waals surface area contributed by atoms with E-state index in [1.165, 1.54) is 5.56 Å². The van der Waals surface area contributed by atoms with Crippen molar-refractivity contribution in [1.29, 1.82) is 0 Å². The molecule has 1 aromatic carbocycles. The standard InChI is InChI=1S/C20H21N3O/c1-15-4-6-16(7-5-15)17-12-19-18(21-13-17)8-11-23(19)14-20(24)22-9-2-3-10-22/h4-8,11-13H,2-3,9-10,14H2,1H3. The number of benzene rings is 1. The number of nitrogens with zero attached hydrogens (tertiary/aromatic N) is 3. The van der Waals surface area contributed by atoms with Crippen LogP contribution in [0.5, 0.6) is 0 Å². The SMILES string of the molecule is Cc1ccc(-c2cnc3ccn(CC(=O)N4CCCC4)c3c2)cc1. The predicted octanol–water partition coefficient (Wildman–Crippen LogP) is 3.63. The zero-order valence-corrected chi connectivity index (χ0v) is 13.9. The molecule has 4 nitrogen and oxygen atoms in total. The van der Waals surface area contributed by atoms with Crippen LogP contribution in [-0.4, -0.2) is 33.4 Å². The van der Waals surface area contributed by atoms with Gasteiger partial charge in [-0.3, -0.25) is 9.78 Å². The molecule has 1 aliphatic rings. The van der Waals surface area contributed by atoms with Crippen LogP contribution in [0.4, 0.5) is 0 Å². The molecule has 0 atom stereocenters. The van der Waals surface area contributed by atoms with E-state index < -0.39 is 0 Å². The Labute approximate surface area is 141 Å². The normalized spacial score (nSPS) is 14.5. The molecule has 4 rings (SSSR count). The van der Waals surface area contributed by atoms with Crippen molar-refractivity contribution in [3.63, 3.8) is 0 Å². The van der Waals surface area contributed by atoms with E-state index >= 15 is 0 Å².